The van der Waals surface area contributed by atoms with Crippen LogP contribution in [0.1, 0.15) is 30.7 Å². The van der Waals surface area contributed by atoms with Crippen LogP contribution in [0.15, 0.2) is 48.5 Å². The summed E-state index contributed by atoms with van der Waals surface area (Å²) in [6, 6.07) is 15.2. The van der Waals surface area contributed by atoms with Gasteiger partial charge in [0, 0.05) is 11.6 Å². The Bertz CT molecular complexity index is 870. The van der Waals surface area contributed by atoms with Crippen LogP contribution in [0.5, 0.6) is 17.2 Å². The molecule has 164 valence electrons. The minimum Gasteiger partial charge on any atom is -0.497 e. The molecule has 30 heavy (non-hydrogen) atoms. The molecule has 1 fully saturated rings. The number of methoxy groups -OCH3 is 1. The van der Waals surface area contributed by atoms with Gasteiger partial charge in [-0.25, -0.2) is 4.57 Å². The molecule has 2 aromatic rings. The third-order valence-corrected chi connectivity index (χ3v) is 5.64. The van der Waals surface area contributed by atoms with Crippen LogP contribution in [0, 0.1) is 0 Å². The summed E-state index contributed by atoms with van der Waals surface area (Å²) in [5.41, 5.74) is 6.66. The Kier molecular flexibility index (Phi) is 7.39. The Labute approximate surface area is 176 Å². The number of ether oxygens (including phenoxy) is 3. The lowest BCUT2D eigenvalue weighted by Crippen LogP contribution is -2.41. The predicted molar refractivity (Wildman–Crippen MR) is 112 cm³/mol. The van der Waals surface area contributed by atoms with Crippen LogP contribution >= 0.6 is 7.82 Å². The van der Waals surface area contributed by atoms with E-state index in [9.17, 15) is 4.57 Å². The highest BCUT2D eigenvalue weighted by Gasteiger charge is 2.38. The predicted octanol–water partition coefficient (Wildman–Crippen LogP) is 3.23. The van der Waals surface area contributed by atoms with E-state index in [4.69, 9.17) is 29.7 Å². The van der Waals surface area contributed by atoms with Crippen LogP contribution in [0.3, 0.4) is 0 Å². The van der Waals surface area contributed by atoms with Gasteiger partial charge in [0.25, 0.3) is 0 Å². The summed E-state index contributed by atoms with van der Waals surface area (Å²) in [7, 11) is -2.90. The molecule has 3 rings (SSSR count). The topological polar surface area (TPSA) is 120 Å². The quantitative estimate of drug-likeness (QED) is 0.383. The van der Waals surface area contributed by atoms with E-state index in [1.807, 2.05) is 48.5 Å². The first-order chi connectivity index (χ1) is 14.3. The second-order valence-corrected chi connectivity index (χ2v) is 8.75. The number of hydrogen-bond donors (Lipinski definition) is 3. The average Bonchev–Trinajstić information content (AvgIpc) is 3.13. The Hall–Kier alpha value is -2.09. The van der Waals surface area contributed by atoms with Crippen molar-refractivity contribution in [3.8, 4) is 17.2 Å². The first-order valence-electron chi connectivity index (χ1n) is 9.75. The van der Waals surface area contributed by atoms with E-state index in [0.29, 0.717) is 26.1 Å². The van der Waals surface area contributed by atoms with Crippen molar-refractivity contribution in [1.82, 2.24) is 0 Å². The van der Waals surface area contributed by atoms with E-state index in [1.165, 1.54) is 0 Å². The summed E-state index contributed by atoms with van der Waals surface area (Å²) < 4.78 is 32.1. The number of nitrogens with two attached hydrogens (primary N) is 1. The van der Waals surface area contributed by atoms with Crippen molar-refractivity contribution < 1.29 is 33.1 Å². The highest BCUT2D eigenvalue weighted by Crippen LogP contribution is 2.43. The maximum absolute atomic E-state index is 10.9. The van der Waals surface area contributed by atoms with Crippen molar-refractivity contribution in [2.45, 2.75) is 30.7 Å². The second-order valence-electron chi connectivity index (χ2n) is 7.51. The summed E-state index contributed by atoms with van der Waals surface area (Å²) in [5.74, 6) is 2.43. The maximum atomic E-state index is 10.9. The number of phosphoric ester groups is 1. The van der Waals surface area contributed by atoms with E-state index in [0.717, 1.165) is 29.2 Å². The molecular weight excluding hydrogens is 409 g/mol. The number of hydrogen-bond acceptors (Lipinski definition) is 6. The fraction of sp³-hybridized carbons (Fsp3) is 0.429. The van der Waals surface area contributed by atoms with Gasteiger partial charge in [-0.3, -0.25) is 4.52 Å². The highest BCUT2D eigenvalue weighted by molar-refractivity contribution is 7.46. The number of benzene rings is 2. The van der Waals surface area contributed by atoms with E-state index in [2.05, 4.69) is 4.52 Å². The molecule has 0 spiro atoms. The molecule has 0 aliphatic heterocycles. The Morgan fingerprint density at radius 1 is 1.07 bits per heavy atom. The SMILES string of the molecule is COc1cccc(OCCOc2ccc([C@@H]3CC[C@](N)(COP(=O)(O)O)C3)cc2)c1. The molecule has 2 atom stereocenters. The van der Waals surface area contributed by atoms with Crippen molar-refractivity contribution in [2.75, 3.05) is 26.9 Å². The molecule has 2 aromatic carbocycles. The molecule has 0 unspecified atom stereocenters. The smallest absolute Gasteiger partial charge is 0.469 e. The van der Waals surface area contributed by atoms with Crippen LogP contribution < -0.4 is 19.9 Å². The van der Waals surface area contributed by atoms with Gasteiger partial charge in [-0.2, -0.15) is 0 Å². The average molecular weight is 437 g/mol. The van der Waals surface area contributed by atoms with E-state index in [1.54, 1.807) is 7.11 Å². The van der Waals surface area contributed by atoms with Crippen molar-refractivity contribution in [3.05, 3.63) is 54.1 Å². The lowest BCUT2D eigenvalue weighted by atomic mass is 9.94. The standard InChI is InChI=1S/C21H28NO7P/c1-26-19-3-2-4-20(13-19)28-12-11-27-18-7-5-16(6-8-18)17-9-10-21(22,14-17)15-29-30(23,24)25/h2-8,13,17H,9-12,14-15,22H2,1H3,(H2,23,24,25)/t17-,21-/m1/s1. The number of rotatable bonds is 10. The Morgan fingerprint density at radius 3 is 2.40 bits per heavy atom. The van der Waals surface area contributed by atoms with Crippen LogP contribution in [-0.2, 0) is 9.09 Å². The molecular formula is C21H28NO7P. The molecule has 0 radical (unpaired) electrons. The van der Waals surface area contributed by atoms with Crippen molar-refractivity contribution >= 4 is 7.82 Å². The van der Waals surface area contributed by atoms with Crippen molar-refractivity contribution in [1.29, 1.82) is 0 Å². The lowest BCUT2D eigenvalue weighted by Gasteiger charge is -2.24. The van der Waals surface area contributed by atoms with Gasteiger partial charge in [-0.15, -0.1) is 0 Å². The van der Waals surface area contributed by atoms with Gasteiger partial charge in [0.05, 0.1) is 13.7 Å². The first kappa shape index (κ1) is 22.6. The fourth-order valence-corrected chi connectivity index (χ4v) is 4.06. The van der Waals surface area contributed by atoms with Crippen LogP contribution in [0.2, 0.25) is 0 Å². The molecule has 0 saturated heterocycles. The first-order valence-corrected chi connectivity index (χ1v) is 11.3. The number of phosphoric acid groups is 1. The summed E-state index contributed by atoms with van der Waals surface area (Å²) in [4.78, 5) is 17.8. The normalized spacial score (nSPS) is 21.4. The molecule has 1 saturated carbocycles. The zero-order valence-electron chi connectivity index (χ0n) is 16.9. The van der Waals surface area contributed by atoms with Gasteiger partial charge in [0.15, 0.2) is 0 Å². The largest absolute Gasteiger partial charge is 0.497 e. The molecule has 1 aliphatic rings. The zero-order chi connectivity index (χ0) is 21.6. The van der Waals surface area contributed by atoms with Crippen molar-refractivity contribution in [2.24, 2.45) is 5.73 Å². The summed E-state index contributed by atoms with van der Waals surface area (Å²) in [6.07, 6.45) is 2.11. The molecule has 0 bridgehead atoms. The molecule has 4 N–H and O–H groups in total. The highest BCUT2D eigenvalue weighted by atomic mass is 31.2. The third kappa shape index (κ3) is 6.72. The van der Waals surface area contributed by atoms with Crippen molar-refractivity contribution in [3.63, 3.8) is 0 Å². The minimum absolute atomic E-state index is 0.151. The van der Waals surface area contributed by atoms with Crippen LogP contribution in [-0.4, -0.2) is 42.3 Å². The van der Waals surface area contributed by atoms with Gasteiger partial charge in [-0.05, 0) is 55.0 Å². The van der Waals surface area contributed by atoms with Gasteiger partial charge in [0.2, 0.25) is 0 Å². The van der Waals surface area contributed by atoms with Crippen LogP contribution in [0.4, 0.5) is 0 Å². The van der Waals surface area contributed by atoms with E-state index < -0.39 is 13.4 Å². The Balaban J connectivity index is 1.44. The van der Waals surface area contributed by atoms with Gasteiger partial charge in [0.1, 0.15) is 30.5 Å². The third-order valence-electron chi connectivity index (χ3n) is 5.18. The molecule has 0 heterocycles. The molecule has 0 aromatic heterocycles. The minimum atomic E-state index is -4.51. The Morgan fingerprint density at radius 2 is 1.73 bits per heavy atom. The zero-order valence-corrected chi connectivity index (χ0v) is 17.8. The molecule has 8 nitrogen and oxygen atoms in total. The summed E-state index contributed by atoms with van der Waals surface area (Å²) >= 11 is 0. The van der Waals surface area contributed by atoms with E-state index in [-0.39, 0.29) is 12.5 Å². The fourth-order valence-electron chi connectivity index (χ4n) is 3.63. The van der Waals surface area contributed by atoms with Gasteiger partial charge < -0.3 is 29.7 Å². The van der Waals surface area contributed by atoms with Gasteiger partial charge >= 0.3 is 7.82 Å². The molecule has 0 amide bonds. The second kappa shape index (κ2) is 9.81. The monoisotopic (exact) mass is 437 g/mol. The van der Waals surface area contributed by atoms with Crippen LogP contribution in [0.25, 0.3) is 0 Å². The lowest BCUT2D eigenvalue weighted by molar-refractivity contribution is 0.153. The molecule has 1 aliphatic carbocycles. The van der Waals surface area contributed by atoms with E-state index >= 15 is 0 Å². The molecule has 9 heteroatoms. The van der Waals surface area contributed by atoms with Gasteiger partial charge in [-0.1, -0.05) is 18.2 Å². The summed E-state index contributed by atoms with van der Waals surface area (Å²) in [5, 5.41) is 0. The maximum Gasteiger partial charge on any atom is 0.469 e. The summed E-state index contributed by atoms with van der Waals surface area (Å²) in [6.45, 7) is 0.667.